The van der Waals surface area contributed by atoms with E-state index >= 15 is 0 Å². The van der Waals surface area contributed by atoms with Gasteiger partial charge in [0.05, 0.1) is 16.8 Å². The molecule has 0 bridgehead atoms. The number of hydrogen-bond donors (Lipinski definition) is 1. The first-order valence-electron chi connectivity index (χ1n) is 12.3. The Balaban J connectivity index is 1.51. The van der Waals surface area contributed by atoms with Crippen molar-refractivity contribution in [2.45, 2.75) is 51.0 Å². The van der Waals surface area contributed by atoms with Crippen LogP contribution in [0, 0.1) is 22.0 Å². The molecule has 1 aromatic carbocycles. The largest absolute Gasteiger partial charge is 0.481 e. The van der Waals surface area contributed by atoms with E-state index < -0.39 is 28.8 Å². The van der Waals surface area contributed by atoms with Gasteiger partial charge in [0.15, 0.2) is 5.82 Å². The Hall–Kier alpha value is -3.10. The van der Waals surface area contributed by atoms with Crippen LogP contribution in [0.5, 0.6) is 0 Å². The first kappa shape index (κ1) is 24.0. The normalized spacial score (nSPS) is 28.1. The van der Waals surface area contributed by atoms with E-state index in [1.165, 1.54) is 5.56 Å². The highest BCUT2D eigenvalue weighted by Gasteiger charge is 2.47. The lowest BCUT2D eigenvalue weighted by Gasteiger charge is -2.46. The number of carboxylic acids is 1. The molecule has 1 unspecified atom stereocenters. The Morgan fingerprint density at radius 1 is 1.03 bits per heavy atom. The van der Waals surface area contributed by atoms with Gasteiger partial charge in [-0.1, -0.05) is 30.3 Å². The average molecular weight is 471 g/mol. The molecule has 3 saturated heterocycles. The van der Waals surface area contributed by atoms with E-state index in [-0.39, 0.29) is 11.8 Å². The summed E-state index contributed by atoms with van der Waals surface area (Å²) in [5, 5.41) is 21.5. The maximum atomic E-state index is 13.5. The fourth-order valence-corrected chi connectivity index (χ4v) is 5.92. The van der Waals surface area contributed by atoms with Crippen LogP contribution in [0.1, 0.15) is 50.5 Å². The number of carbonyl (C=O) groups is 2. The number of carboxylic acid groups (broad SMARTS) is 1. The van der Waals surface area contributed by atoms with Crippen molar-refractivity contribution >= 4 is 11.9 Å². The Labute approximate surface area is 200 Å². The van der Waals surface area contributed by atoms with E-state index in [0.29, 0.717) is 31.9 Å². The maximum Gasteiger partial charge on any atom is 0.309 e. The van der Waals surface area contributed by atoms with Gasteiger partial charge in [0, 0.05) is 44.7 Å². The molecule has 0 radical (unpaired) electrons. The molecule has 3 aliphatic rings. The van der Waals surface area contributed by atoms with Gasteiger partial charge >= 0.3 is 5.97 Å². The van der Waals surface area contributed by atoms with Crippen molar-refractivity contribution in [3.05, 3.63) is 58.0 Å². The Morgan fingerprint density at radius 2 is 1.74 bits per heavy atom. The summed E-state index contributed by atoms with van der Waals surface area (Å²) >= 11 is 0. The van der Waals surface area contributed by atoms with Crippen molar-refractivity contribution in [1.29, 1.82) is 0 Å². The van der Waals surface area contributed by atoms with Gasteiger partial charge in [-0.15, -0.1) is 0 Å². The zero-order chi connectivity index (χ0) is 24.2. The fraction of sp³-hybridized carbons (Fsp3) is 0.600. The monoisotopic (exact) mass is 470 g/mol. The van der Waals surface area contributed by atoms with Crippen molar-refractivity contribution in [2.24, 2.45) is 11.8 Å². The van der Waals surface area contributed by atoms with Crippen molar-refractivity contribution in [1.82, 2.24) is 14.7 Å². The average Bonchev–Trinajstić information content (AvgIpc) is 3.33. The van der Waals surface area contributed by atoms with Crippen molar-refractivity contribution < 1.29 is 19.6 Å². The molecule has 34 heavy (non-hydrogen) atoms. The molecular formula is C25H34N4O5. The molecular weight excluding hydrogens is 436 g/mol. The third-order valence-corrected chi connectivity index (χ3v) is 7.69. The zero-order valence-electron chi connectivity index (χ0n) is 19.7. The van der Waals surface area contributed by atoms with E-state index in [2.05, 4.69) is 12.1 Å². The minimum Gasteiger partial charge on any atom is -0.481 e. The first-order chi connectivity index (χ1) is 16.4. The summed E-state index contributed by atoms with van der Waals surface area (Å²) in [5.41, 5.74) is 1.20. The van der Waals surface area contributed by atoms with Crippen LogP contribution in [0.2, 0.25) is 0 Å². The molecule has 9 nitrogen and oxygen atoms in total. The van der Waals surface area contributed by atoms with Gasteiger partial charge < -0.3 is 19.8 Å². The minimum atomic E-state index is -1.02. The quantitative estimate of drug-likeness (QED) is 0.503. The number of likely N-dealkylation sites (tertiary alicyclic amines) is 3. The Kier molecular flexibility index (Phi) is 7.38. The molecule has 1 N–H and O–H groups in total. The lowest BCUT2D eigenvalue weighted by Crippen LogP contribution is -2.56. The molecule has 4 atom stereocenters. The summed E-state index contributed by atoms with van der Waals surface area (Å²) in [6.07, 6.45) is 5.25. The number of hydrogen-bond acceptors (Lipinski definition) is 6. The van der Waals surface area contributed by atoms with E-state index in [1.54, 1.807) is 6.92 Å². The van der Waals surface area contributed by atoms with Gasteiger partial charge in [-0.3, -0.25) is 19.7 Å². The molecule has 1 amide bonds. The van der Waals surface area contributed by atoms with Crippen LogP contribution in [-0.2, 0) is 9.59 Å². The van der Waals surface area contributed by atoms with Crippen LogP contribution >= 0.6 is 0 Å². The molecule has 3 fully saturated rings. The van der Waals surface area contributed by atoms with Gasteiger partial charge in [-0.05, 0) is 44.6 Å². The number of benzene rings is 1. The molecule has 4 rings (SSSR count). The van der Waals surface area contributed by atoms with Crippen LogP contribution in [0.25, 0.3) is 0 Å². The molecule has 0 spiro atoms. The first-order valence-corrected chi connectivity index (χ1v) is 12.3. The molecule has 184 valence electrons. The number of nitrogens with zero attached hydrogens (tertiary/aromatic N) is 4. The predicted octanol–water partition coefficient (Wildman–Crippen LogP) is 2.98. The lowest BCUT2D eigenvalue weighted by atomic mass is 9.79. The van der Waals surface area contributed by atoms with Crippen LogP contribution in [0.4, 0.5) is 0 Å². The third kappa shape index (κ3) is 5.03. The summed E-state index contributed by atoms with van der Waals surface area (Å²) in [6, 6.07) is 9.58. The molecule has 3 aliphatic heterocycles. The molecule has 0 saturated carbocycles. The van der Waals surface area contributed by atoms with Crippen molar-refractivity contribution in [3.63, 3.8) is 0 Å². The number of amides is 1. The van der Waals surface area contributed by atoms with Crippen molar-refractivity contribution in [2.75, 3.05) is 32.7 Å². The summed E-state index contributed by atoms with van der Waals surface area (Å²) in [6.45, 7) is 4.87. The minimum absolute atomic E-state index is 0.102. The second kappa shape index (κ2) is 10.4. The van der Waals surface area contributed by atoms with Crippen LogP contribution in [0.3, 0.4) is 0 Å². The number of rotatable bonds is 6. The van der Waals surface area contributed by atoms with Crippen LogP contribution in [0.15, 0.2) is 42.4 Å². The standard InChI is InChI=1S/C25H34N4O5/c1-18-23(25(31)32)21(24(30)27-14-10-20(16-27)19-8-4-2-5-9-19)11-15-28(18)22(17-29(33)34)26-12-6-3-7-13-26/h2,4-5,8-9,17-18,20-21,23H,3,6-7,10-16H2,1H3,(H,31,32)/t18?,20-,21-,23-/m0/s1. The highest BCUT2D eigenvalue weighted by Crippen LogP contribution is 2.36. The van der Waals surface area contributed by atoms with Crippen molar-refractivity contribution in [3.8, 4) is 0 Å². The number of nitro groups is 1. The molecule has 1 aromatic rings. The second-order valence-electron chi connectivity index (χ2n) is 9.69. The van der Waals surface area contributed by atoms with E-state index in [1.807, 2.05) is 32.9 Å². The summed E-state index contributed by atoms with van der Waals surface area (Å²) in [5.74, 6) is -1.93. The van der Waals surface area contributed by atoms with E-state index in [4.69, 9.17) is 0 Å². The topological polar surface area (TPSA) is 107 Å². The fourth-order valence-electron chi connectivity index (χ4n) is 5.92. The molecule has 0 aromatic heterocycles. The van der Waals surface area contributed by atoms with Gasteiger partial charge in [-0.2, -0.15) is 0 Å². The molecule has 0 aliphatic carbocycles. The summed E-state index contributed by atoms with van der Waals surface area (Å²) < 4.78 is 0. The van der Waals surface area contributed by atoms with E-state index in [0.717, 1.165) is 45.0 Å². The van der Waals surface area contributed by atoms with Gasteiger partial charge in [0.25, 0.3) is 6.20 Å². The Morgan fingerprint density at radius 3 is 2.38 bits per heavy atom. The summed E-state index contributed by atoms with van der Waals surface area (Å²) in [4.78, 5) is 42.5. The van der Waals surface area contributed by atoms with Gasteiger partial charge in [0.1, 0.15) is 0 Å². The maximum absolute atomic E-state index is 13.5. The summed E-state index contributed by atoms with van der Waals surface area (Å²) in [7, 11) is 0. The molecule has 3 heterocycles. The lowest BCUT2D eigenvalue weighted by molar-refractivity contribution is -0.405. The third-order valence-electron chi connectivity index (χ3n) is 7.69. The smallest absolute Gasteiger partial charge is 0.309 e. The number of piperidine rings is 2. The van der Waals surface area contributed by atoms with Gasteiger partial charge in [-0.25, -0.2) is 0 Å². The molecule has 9 heteroatoms. The van der Waals surface area contributed by atoms with Crippen LogP contribution in [-0.4, -0.2) is 75.4 Å². The highest BCUT2D eigenvalue weighted by molar-refractivity contribution is 5.85. The number of aliphatic carboxylic acids is 1. The number of carbonyl (C=O) groups excluding carboxylic acids is 1. The van der Waals surface area contributed by atoms with E-state index in [9.17, 15) is 24.8 Å². The van der Waals surface area contributed by atoms with Gasteiger partial charge in [0.2, 0.25) is 5.91 Å². The van der Waals surface area contributed by atoms with Crippen LogP contribution < -0.4 is 0 Å². The second-order valence-corrected chi connectivity index (χ2v) is 9.69. The SMILES string of the molecule is CC1[C@H](C(=O)O)[C@@H](C(=O)N2CC[C@H](c3ccccc3)C2)CCN1C(=C[N+](=O)[O-])N1CCCCC1. The Bertz CT molecular complexity index is 930. The zero-order valence-corrected chi connectivity index (χ0v) is 19.7. The highest BCUT2D eigenvalue weighted by atomic mass is 16.6. The predicted molar refractivity (Wildman–Crippen MR) is 126 cm³/mol.